The highest BCUT2D eigenvalue weighted by Crippen LogP contribution is 2.17. The molecule has 3 aromatic rings. The fourth-order valence-electron chi connectivity index (χ4n) is 2.62. The number of aromatic nitrogens is 1. The zero-order valence-electron chi connectivity index (χ0n) is 12.3. The maximum Gasteiger partial charge on any atom is 0.252 e. The van der Waals surface area contributed by atoms with Gasteiger partial charge in [-0.25, -0.2) is 0 Å². The van der Waals surface area contributed by atoms with Crippen LogP contribution in [0.2, 0.25) is 0 Å². The van der Waals surface area contributed by atoms with E-state index in [1.54, 1.807) is 12.1 Å². The zero-order chi connectivity index (χ0) is 15.5. The van der Waals surface area contributed by atoms with Crippen molar-refractivity contribution in [2.45, 2.75) is 19.4 Å². The minimum Gasteiger partial charge on any atom is -0.508 e. The molecule has 0 bridgehead atoms. The van der Waals surface area contributed by atoms with Gasteiger partial charge < -0.3 is 15.4 Å². The van der Waals surface area contributed by atoms with Crippen molar-refractivity contribution in [3.05, 3.63) is 65.9 Å². The van der Waals surface area contributed by atoms with E-state index in [9.17, 15) is 9.90 Å². The molecule has 4 heteroatoms. The molecule has 0 aliphatic heterocycles. The van der Waals surface area contributed by atoms with Crippen molar-refractivity contribution in [1.29, 1.82) is 0 Å². The molecule has 1 amide bonds. The number of benzene rings is 2. The smallest absolute Gasteiger partial charge is 0.252 e. The second kappa shape index (κ2) is 5.93. The van der Waals surface area contributed by atoms with E-state index in [1.807, 2.05) is 49.5 Å². The van der Waals surface area contributed by atoms with Gasteiger partial charge in [0.15, 0.2) is 0 Å². The lowest BCUT2D eigenvalue weighted by Gasteiger charge is -2.14. The lowest BCUT2D eigenvalue weighted by atomic mass is 10.1. The summed E-state index contributed by atoms with van der Waals surface area (Å²) in [7, 11) is 0. The highest BCUT2D eigenvalue weighted by atomic mass is 16.3. The molecular weight excluding hydrogens is 276 g/mol. The summed E-state index contributed by atoms with van der Waals surface area (Å²) in [6.07, 6.45) is 2.55. The summed E-state index contributed by atoms with van der Waals surface area (Å²) in [5.74, 6) is 0.177. The van der Waals surface area contributed by atoms with Crippen LogP contribution in [0.1, 0.15) is 22.8 Å². The molecule has 1 heterocycles. The van der Waals surface area contributed by atoms with Crippen molar-refractivity contribution in [1.82, 2.24) is 10.3 Å². The number of amides is 1. The van der Waals surface area contributed by atoms with Gasteiger partial charge in [-0.05, 0) is 49.2 Å². The quantitative estimate of drug-likeness (QED) is 0.691. The van der Waals surface area contributed by atoms with Gasteiger partial charge in [0.2, 0.25) is 0 Å². The van der Waals surface area contributed by atoms with Crippen LogP contribution < -0.4 is 5.32 Å². The molecule has 1 atom stereocenters. The third-order valence-corrected chi connectivity index (χ3v) is 3.70. The normalized spacial score (nSPS) is 12.2. The lowest BCUT2D eigenvalue weighted by molar-refractivity contribution is 0.0942. The topological polar surface area (TPSA) is 65.1 Å². The first kappa shape index (κ1) is 14.2. The Kier molecular flexibility index (Phi) is 3.83. The molecule has 22 heavy (non-hydrogen) atoms. The Morgan fingerprint density at radius 3 is 2.73 bits per heavy atom. The zero-order valence-corrected chi connectivity index (χ0v) is 12.3. The summed E-state index contributed by atoms with van der Waals surface area (Å²) in [4.78, 5) is 15.6. The Balaban J connectivity index is 1.71. The van der Waals surface area contributed by atoms with Crippen molar-refractivity contribution in [2.24, 2.45) is 0 Å². The molecule has 0 aliphatic carbocycles. The standard InChI is InChI=1S/C18H18N2O2/c1-12(11-13-5-7-14(21)8-6-13)20-18(22)16-3-2-4-17-15(16)9-10-19-17/h2-10,12,19,21H,11H2,1H3,(H,20,22)/t12-/m1/s1. The number of phenols is 1. The van der Waals surface area contributed by atoms with Crippen LogP contribution in [0.3, 0.4) is 0 Å². The molecule has 0 fully saturated rings. The van der Waals surface area contributed by atoms with Gasteiger partial charge >= 0.3 is 0 Å². The van der Waals surface area contributed by atoms with E-state index in [4.69, 9.17) is 0 Å². The summed E-state index contributed by atoms with van der Waals surface area (Å²) < 4.78 is 0. The van der Waals surface area contributed by atoms with Gasteiger partial charge in [-0.3, -0.25) is 4.79 Å². The lowest BCUT2D eigenvalue weighted by Crippen LogP contribution is -2.34. The highest BCUT2D eigenvalue weighted by molar-refractivity contribution is 6.06. The third-order valence-electron chi connectivity index (χ3n) is 3.70. The van der Waals surface area contributed by atoms with Crippen LogP contribution in [-0.2, 0) is 6.42 Å². The summed E-state index contributed by atoms with van der Waals surface area (Å²) in [5, 5.41) is 13.2. The Bertz CT molecular complexity index is 790. The molecule has 3 N–H and O–H groups in total. The maximum atomic E-state index is 12.4. The SMILES string of the molecule is C[C@H](Cc1ccc(O)cc1)NC(=O)c1cccc2[nH]ccc12. The molecular formula is C18H18N2O2. The van der Waals surface area contributed by atoms with Crippen LogP contribution in [0.5, 0.6) is 5.75 Å². The van der Waals surface area contributed by atoms with Crippen molar-refractivity contribution in [2.75, 3.05) is 0 Å². The molecule has 4 nitrogen and oxygen atoms in total. The number of carbonyl (C=O) groups excluding carboxylic acids is 1. The number of carbonyl (C=O) groups is 1. The largest absolute Gasteiger partial charge is 0.508 e. The van der Waals surface area contributed by atoms with E-state index in [1.165, 1.54) is 0 Å². The summed E-state index contributed by atoms with van der Waals surface area (Å²) in [6, 6.07) is 14.6. The van der Waals surface area contributed by atoms with E-state index in [-0.39, 0.29) is 17.7 Å². The van der Waals surface area contributed by atoms with Gasteiger partial charge in [-0.2, -0.15) is 0 Å². The van der Waals surface area contributed by atoms with Crippen molar-refractivity contribution in [3.63, 3.8) is 0 Å². The molecule has 0 saturated carbocycles. The molecule has 0 spiro atoms. The van der Waals surface area contributed by atoms with Crippen LogP contribution in [0.25, 0.3) is 10.9 Å². The maximum absolute atomic E-state index is 12.4. The van der Waals surface area contributed by atoms with Crippen molar-refractivity contribution >= 4 is 16.8 Å². The number of H-pyrrole nitrogens is 1. The van der Waals surface area contributed by atoms with Gasteiger partial charge in [0.1, 0.15) is 5.75 Å². The Morgan fingerprint density at radius 2 is 1.95 bits per heavy atom. The first-order chi connectivity index (χ1) is 10.6. The van der Waals surface area contributed by atoms with E-state index in [2.05, 4.69) is 10.3 Å². The third kappa shape index (κ3) is 2.96. The Hall–Kier alpha value is -2.75. The van der Waals surface area contributed by atoms with Crippen LogP contribution in [0.15, 0.2) is 54.7 Å². The van der Waals surface area contributed by atoms with Gasteiger partial charge in [0.05, 0.1) is 0 Å². The predicted octanol–water partition coefficient (Wildman–Crippen LogP) is 3.23. The second-order valence-corrected chi connectivity index (χ2v) is 5.49. The van der Waals surface area contributed by atoms with Gasteiger partial charge in [-0.1, -0.05) is 18.2 Å². The molecule has 0 saturated heterocycles. The van der Waals surface area contributed by atoms with E-state index in [0.717, 1.165) is 22.9 Å². The van der Waals surface area contributed by atoms with Crippen LogP contribution >= 0.6 is 0 Å². The average molecular weight is 294 g/mol. The Labute approximate surface area is 128 Å². The number of fused-ring (bicyclic) bond motifs is 1. The van der Waals surface area contributed by atoms with E-state index >= 15 is 0 Å². The van der Waals surface area contributed by atoms with Gasteiger partial charge in [-0.15, -0.1) is 0 Å². The molecule has 112 valence electrons. The number of hydrogen-bond acceptors (Lipinski definition) is 2. The minimum atomic E-state index is -0.0727. The van der Waals surface area contributed by atoms with Gasteiger partial charge in [0.25, 0.3) is 5.91 Å². The predicted molar refractivity (Wildman–Crippen MR) is 87.0 cm³/mol. The van der Waals surface area contributed by atoms with E-state index in [0.29, 0.717) is 5.56 Å². The van der Waals surface area contributed by atoms with Crippen molar-refractivity contribution < 1.29 is 9.90 Å². The average Bonchev–Trinajstić information content (AvgIpc) is 2.97. The van der Waals surface area contributed by atoms with Crippen LogP contribution in [0, 0.1) is 0 Å². The molecule has 3 rings (SSSR count). The number of phenolic OH excluding ortho intramolecular Hbond substituents is 1. The van der Waals surface area contributed by atoms with Crippen LogP contribution in [-0.4, -0.2) is 22.0 Å². The summed E-state index contributed by atoms with van der Waals surface area (Å²) in [5.41, 5.74) is 2.71. The number of nitrogens with one attached hydrogen (secondary N) is 2. The number of hydrogen-bond donors (Lipinski definition) is 3. The van der Waals surface area contributed by atoms with E-state index < -0.39 is 0 Å². The second-order valence-electron chi connectivity index (χ2n) is 5.49. The fourth-order valence-corrected chi connectivity index (χ4v) is 2.62. The summed E-state index contributed by atoms with van der Waals surface area (Å²) >= 11 is 0. The molecule has 0 aliphatic rings. The van der Waals surface area contributed by atoms with Gasteiger partial charge in [0, 0.05) is 28.7 Å². The minimum absolute atomic E-state index is 0.00578. The fraction of sp³-hybridized carbons (Fsp3) is 0.167. The number of aromatic hydroxyl groups is 1. The first-order valence-electron chi connectivity index (χ1n) is 7.28. The monoisotopic (exact) mass is 294 g/mol. The Morgan fingerprint density at radius 1 is 1.18 bits per heavy atom. The summed E-state index contributed by atoms with van der Waals surface area (Å²) in [6.45, 7) is 1.97. The molecule has 0 unspecified atom stereocenters. The number of aromatic amines is 1. The highest BCUT2D eigenvalue weighted by Gasteiger charge is 2.13. The first-order valence-corrected chi connectivity index (χ1v) is 7.28. The number of rotatable bonds is 4. The van der Waals surface area contributed by atoms with Crippen molar-refractivity contribution in [3.8, 4) is 5.75 Å². The molecule has 2 aromatic carbocycles. The molecule has 1 aromatic heterocycles. The molecule has 0 radical (unpaired) electrons. The van der Waals surface area contributed by atoms with Crippen LogP contribution in [0.4, 0.5) is 0 Å².